The zero-order valence-electron chi connectivity index (χ0n) is 15.4. The molecule has 3 aromatic rings. The summed E-state index contributed by atoms with van der Waals surface area (Å²) in [4.78, 5) is 6.81. The fraction of sp³-hybridized carbons (Fsp3) is 0.238. The Labute approximate surface area is 164 Å². The highest BCUT2D eigenvalue weighted by molar-refractivity contribution is 7.80. The third-order valence-electron chi connectivity index (χ3n) is 4.91. The van der Waals surface area contributed by atoms with Crippen molar-refractivity contribution in [2.24, 2.45) is 7.05 Å². The number of hydrogen-bond acceptors (Lipinski definition) is 3. The molecule has 1 aromatic carbocycles. The molecule has 138 valence electrons. The van der Waals surface area contributed by atoms with Crippen LogP contribution in [0.1, 0.15) is 28.9 Å². The van der Waals surface area contributed by atoms with Crippen molar-refractivity contribution in [1.29, 1.82) is 0 Å². The Morgan fingerprint density at radius 1 is 1.15 bits per heavy atom. The van der Waals surface area contributed by atoms with Crippen LogP contribution in [-0.2, 0) is 13.6 Å². The molecule has 27 heavy (non-hydrogen) atoms. The van der Waals surface area contributed by atoms with Gasteiger partial charge in [0.25, 0.3) is 0 Å². The molecule has 0 amide bonds. The first-order valence-corrected chi connectivity index (χ1v) is 9.29. The Hall–Kier alpha value is -2.86. The van der Waals surface area contributed by atoms with Crippen LogP contribution in [0.25, 0.3) is 0 Å². The van der Waals surface area contributed by atoms with Gasteiger partial charge < -0.3 is 19.5 Å². The zero-order valence-corrected chi connectivity index (χ0v) is 16.2. The second kappa shape index (κ2) is 7.40. The summed E-state index contributed by atoms with van der Waals surface area (Å²) in [7, 11) is 3.71. The molecule has 6 heteroatoms. The van der Waals surface area contributed by atoms with Crippen molar-refractivity contribution in [3.8, 4) is 5.75 Å². The average molecular weight is 379 g/mol. The molecule has 1 saturated heterocycles. The van der Waals surface area contributed by atoms with E-state index in [0.717, 1.165) is 23.1 Å². The van der Waals surface area contributed by atoms with Crippen molar-refractivity contribution in [1.82, 2.24) is 19.8 Å². The molecule has 5 nitrogen and oxygen atoms in total. The minimum absolute atomic E-state index is 0.0133. The second-order valence-corrected chi connectivity index (χ2v) is 7.10. The lowest BCUT2D eigenvalue weighted by Crippen LogP contribution is -2.29. The SMILES string of the molecule is COc1ccc(CN2C(=S)N[C@H](c3ccccn3)[C@H]2c2ccn(C)c2)cc1. The van der Waals surface area contributed by atoms with Crippen molar-refractivity contribution < 1.29 is 4.74 Å². The van der Waals surface area contributed by atoms with E-state index in [-0.39, 0.29) is 12.1 Å². The van der Waals surface area contributed by atoms with Crippen LogP contribution in [0.3, 0.4) is 0 Å². The molecule has 0 spiro atoms. The van der Waals surface area contributed by atoms with E-state index in [4.69, 9.17) is 17.0 Å². The minimum atomic E-state index is 0.0133. The number of aryl methyl sites for hydroxylation is 1. The van der Waals surface area contributed by atoms with Gasteiger partial charge in [0.2, 0.25) is 0 Å². The topological polar surface area (TPSA) is 42.3 Å². The maximum atomic E-state index is 5.70. The van der Waals surface area contributed by atoms with Gasteiger partial charge in [0.05, 0.1) is 24.9 Å². The molecule has 1 N–H and O–H groups in total. The van der Waals surface area contributed by atoms with Crippen LogP contribution in [0, 0.1) is 0 Å². The van der Waals surface area contributed by atoms with Gasteiger partial charge in [0.1, 0.15) is 5.75 Å². The lowest BCUT2D eigenvalue weighted by atomic mass is 9.98. The van der Waals surface area contributed by atoms with Gasteiger partial charge in [-0.2, -0.15) is 0 Å². The van der Waals surface area contributed by atoms with Crippen LogP contribution in [0.4, 0.5) is 0 Å². The van der Waals surface area contributed by atoms with Crippen LogP contribution in [0.15, 0.2) is 67.1 Å². The fourth-order valence-corrected chi connectivity index (χ4v) is 3.87. The summed E-state index contributed by atoms with van der Waals surface area (Å²) in [6, 6.07) is 16.4. The van der Waals surface area contributed by atoms with Gasteiger partial charge >= 0.3 is 0 Å². The smallest absolute Gasteiger partial charge is 0.170 e. The van der Waals surface area contributed by atoms with E-state index in [1.165, 1.54) is 11.1 Å². The summed E-state index contributed by atoms with van der Waals surface area (Å²) >= 11 is 5.70. The van der Waals surface area contributed by atoms with Crippen molar-refractivity contribution in [3.63, 3.8) is 0 Å². The Kier molecular flexibility index (Phi) is 4.81. The molecule has 1 aliphatic rings. The second-order valence-electron chi connectivity index (χ2n) is 6.71. The lowest BCUT2D eigenvalue weighted by molar-refractivity contribution is 0.311. The number of nitrogens with one attached hydrogen (secondary N) is 1. The largest absolute Gasteiger partial charge is 0.497 e. The molecule has 0 aliphatic carbocycles. The predicted octanol–water partition coefficient (Wildman–Crippen LogP) is 3.60. The van der Waals surface area contributed by atoms with Crippen LogP contribution in [0.5, 0.6) is 5.75 Å². The van der Waals surface area contributed by atoms with E-state index in [9.17, 15) is 0 Å². The van der Waals surface area contributed by atoms with E-state index in [0.29, 0.717) is 0 Å². The van der Waals surface area contributed by atoms with E-state index in [1.54, 1.807) is 7.11 Å². The molecule has 4 rings (SSSR count). The van der Waals surface area contributed by atoms with E-state index in [1.807, 2.05) is 43.6 Å². The standard InChI is InChI=1S/C21H22N4OS/c1-24-12-10-16(14-24)20-19(18-5-3-4-11-22-18)23-21(27)25(20)13-15-6-8-17(26-2)9-7-15/h3-12,14,19-20H,13H2,1-2H3,(H,23,27)/t19-,20-/m1/s1. The molecule has 0 saturated carbocycles. The number of benzene rings is 1. The van der Waals surface area contributed by atoms with Gasteiger partial charge in [0, 0.05) is 32.2 Å². The van der Waals surface area contributed by atoms with Gasteiger partial charge in [-0.25, -0.2) is 0 Å². The van der Waals surface area contributed by atoms with Gasteiger partial charge in [-0.3, -0.25) is 4.98 Å². The fourth-order valence-electron chi connectivity index (χ4n) is 3.57. The minimum Gasteiger partial charge on any atom is -0.497 e. The number of nitrogens with zero attached hydrogens (tertiary/aromatic N) is 3. The number of ether oxygens (including phenoxy) is 1. The molecule has 2 atom stereocenters. The normalized spacial score (nSPS) is 19.2. The van der Waals surface area contributed by atoms with Gasteiger partial charge in [-0.1, -0.05) is 18.2 Å². The molecule has 0 radical (unpaired) electrons. The highest BCUT2D eigenvalue weighted by atomic mass is 32.1. The number of methoxy groups -OCH3 is 1. The maximum absolute atomic E-state index is 5.70. The number of pyridine rings is 1. The predicted molar refractivity (Wildman–Crippen MR) is 109 cm³/mol. The maximum Gasteiger partial charge on any atom is 0.170 e. The highest BCUT2D eigenvalue weighted by Crippen LogP contribution is 2.39. The van der Waals surface area contributed by atoms with Crippen molar-refractivity contribution in [2.75, 3.05) is 7.11 Å². The van der Waals surface area contributed by atoms with E-state index < -0.39 is 0 Å². The van der Waals surface area contributed by atoms with Gasteiger partial charge in [-0.05, 0) is 53.7 Å². The summed E-state index contributed by atoms with van der Waals surface area (Å²) in [5.74, 6) is 0.854. The molecular formula is C21H22N4OS. The lowest BCUT2D eigenvalue weighted by Gasteiger charge is -2.27. The summed E-state index contributed by atoms with van der Waals surface area (Å²) in [5.41, 5.74) is 3.39. The Balaban J connectivity index is 1.68. The van der Waals surface area contributed by atoms with Crippen LogP contribution in [0.2, 0.25) is 0 Å². The number of thiocarbonyl (C=S) groups is 1. The van der Waals surface area contributed by atoms with Crippen LogP contribution < -0.4 is 10.1 Å². The van der Waals surface area contributed by atoms with E-state index >= 15 is 0 Å². The van der Waals surface area contributed by atoms with Crippen LogP contribution >= 0.6 is 12.2 Å². The Morgan fingerprint density at radius 3 is 2.59 bits per heavy atom. The summed E-state index contributed by atoms with van der Waals surface area (Å²) in [5, 5.41) is 4.23. The molecule has 1 aliphatic heterocycles. The monoisotopic (exact) mass is 378 g/mol. The summed E-state index contributed by atoms with van der Waals surface area (Å²) < 4.78 is 7.33. The number of hydrogen-bond donors (Lipinski definition) is 1. The molecule has 3 heterocycles. The van der Waals surface area contributed by atoms with Crippen molar-refractivity contribution in [3.05, 3.63) is 83.9 Å². The molecule has 1 fully saturated rings. The number of rotatable bonds is 5. The first-order chi connectivity index (χ1) is 13.2. The van der Waals surface area contributed by atoms with Gasteiger partial charge in [-0.15, -0.1) is 0 Å². The Bertz CT molecular complexity index is 923. The molecule has 0 unspecified atom stereocenters. The molecule has 0 bridgehead atoms. The first-order valence-electron chi connectivity index (χ1n) is 8.88. The highest BCUT2D eigenvalue weighted by Gasteiger charge is 2.39. The van der Waals surface area contributed by atoms with E-state index in [2.05, 4.69) is 50.4 Å². The quantitative estimate of drug-likeness (QED) is 0.687. The van der Waals surface area contributed by atoms with Gasteiger partial charge in [0.15, 0.2) is 5.11 Å². The summed E-state index contributed by atoms with van der Waals surface area (Å²) in [6.45, 7) is 0.721. The average Bonchev–Trinajstić information content (AvgIpc) is 3.26. The first kappa shape index (κ1) is 17.5. The molecular weight excluding hydrogens is 356 g/mol. The third-order valence-corrected chi connectivity index (χ3v) is 5.26. The van der Waals surface area contributed by atoms with Crippen LogP contribution in [-0.4, -0.2) is 26.7 Å². The Morgan fingerprint density at radius 2 is 1.96 bits per heavy atom. The zero-order chi connectivity index (χ0) is 18.8. The molecule has 2 aromatic heterocycles. The number of aromatic nitrogens is 2. The van der Waals surface area contributed by atoms with Crippen molar-refractivity contribution in [2.45, 2.75) is 18.6 Å². The third kappa shape index (κ3) is 3.53. The summed E-state index contributed by atoms with van der Waals surface area (Å²) in [6.07, 6.45) is 6.04. The van der Waals surface area contributed by atoms with Crippen molar-refractivity contribution >= 4 is 17.3 Å².